The van der Waals surface area contributed by atoms with Crippen molar-refractivity contribution < 1.29 is 27.4 Å². The molecular formula is C22H25F3N4O3. The van der Waals surface area contributed by atoms with E-state index in [1.807, 2.05) is 6.07 Å². The van der Waals surface area contributed by atoms with Crippen LogP contribution in [0.2, 0.25) is 0 Å². The van der Waals surface area contributed by atoms with Crippen molar-refractivity contribution >= 4 is 11.9 Å². The molecule has 1 aromatic heterocycles. The lowest BCUT2D eigenvalue weighted by Gasteiger charge is -2.21. The van der Waals surface area contributed by atoms with E-state index < -0.39 is 23.7 Å². The molecule has 1 amide bonds. The van der Waals surface area contributed by atoms with Crippen LogP contribution in [0.1, 0.15) is 42.4 Å². The van der Waals surface area contributed by atoms with Crippen LogP contribution in [0.5, 0.6) is 0 Å². The fourth-order valence-electron chi connectivity index (χ4n) is 3.82. The molecule has 32 heavy (non-hydrogen) atoms. The molecule has 0 saturated carbocycles. The van der Waals surface area contributed by atoms with Crippen LogP contribution in [0.4, 0.5) is 19.1 Å². The first-order valence-corrected chi connectivity index (χ1v) is 10.3. The molecule has 10 heteroatoms. The van der Waals surface area contributed by atoms with E-state index in [1.54, 1.807) is 6.20 Å². The molecule has 0 unspecified atom stereocenters. The van der Waals surface area contributed by atoms with Gasteiger partial charge >= 0.3 is 6.18 Å². The number of rotatable bonds is 4. The molecule has 4 rings (SSSR count). The minimum absolute atomic E-state index is 0.119. The van der Waals surface area contributed by atoms with Crippen molar-refractivity contribution in [2.75, 3.05) is 18.5 Å². The standard InChI is InChI=1S/C22H25F3N4O3/c1-21(2,3)16-8-9-26-20(29-16)28-15-11-32-17-14(10-31-18(15)17)27-19(30)12-4-6-13(7-5-12)22(23,24)25/h4-9,14-15,17-18H,10-11H2,1-3H3,(H,27,30)(H,26,28,29)/t14-,15-,17+,18+/m0/s1. The maximum Gasteiger partial charge on any atom is 0.416 e. The molecule has 172 valence electrons. The van der Waals surface area contributed by atoms with Gasteiger partial charge in [-0.1, -0.05) is 20.8 Å². The topological polar surface area (TPSA) is 85.4 Å². The molecule has 7 nitrogen and oxygen atoms in total. The Balaban J connectivity index is 1.37. The van der Waals surface area contributed by atoms with Crippen LogP contribution in [0.15, 0.2) is 36.5 Å². The van der Waals surface area contributed by atoms with Gasteiger partial charge in [0.1, 0.15) is 12.2 Å². The SMILES string of the molecule is CC(C)(C)c1ccnc(N[C@H]2CO[C@H]3[C@@H]2OC[C@@H]3NC(=O)c2ccc(C(F)(F)F)cc2)n1. The third-order valence-corrected chi connectivity index (χ3v) is 5.58. The van der Waals surface area contributed by atoms with E-state index in [1.165, 1.54) is 0 Å². The van der Waals surface area contributed by atoms with E-state index in [9.17, 15) is 18.0 Å². The number of fused-ring (bicyclic) bond motifs is 1. The summed E-state index contributed by atoms with van der Waals surface area (Å²) < 4.78 is 49.9. The van der Waals surface area contributed by atoms with E-state index >= 15 is 0 Å². The first-order chi connectivity index (χ1) is 15.0. The zero-order chi connectivity index (χ0) is 23.1. The molecule has 2 fully saturated rings. The molecule has 2 aromatic rings. The van der Waals surface area contributed by atoms with Gasteiger partial charge in [-0.05, 0) is 30.3 Å². The number of anilines is 1. The lowest BCUT2D eigenvalue weighted by Crippen LogP contribution is -2.44. The number of hydrogen-bond donors (Lipinski definition) is 2. The van der Waals surface area contributed by atoms with Crippen molar-refractivity contribution in [2.45, 2.75) is 56.7 Å². The molecule has 0 bridgehead atoms. The summed E-state index contributed by atoms with van der Waals surface area (Å²) in [6, 6.07) is 5.36. The predicted molar refractivity (Wildman–Crippen MR) is 110 cm³/mol. The maximum atomic E-state index is 12.7. The minimum Gasteiger partial charge on any atom is -0.371 e. The Morgan fingerprint density at radius 2 is 1.62 bits per heavy atom. The molecule has 3 heterocycles. The van der Waals surface area contributed by atoms with Gasteiger partial charge in [0.2, 0.25) is 5.95 Å². The number of halogens is 3. The van der Waals surface area contributed by atoms with E-state index in [0.717, 1.165) is 30.0 Å². The zero-order valence-electron chi connectivity index (χ0n) is 17.9. The summed E-state index contributed by atoms with van der Waals surface area (Å²) in [5.41, 5.74) is 0.121. The van der Waals surface area contributed by atoms with Gasteiger partial charge in [-0.25, -0.2) is 9.97 Å². The van der Waals surface area contributed by atoms with Crippen molar-refractivity contribution in [3.05, 3.63) is 53.3 Å². The van der Waals surface area contributed by atoms with Crippen molar-refractivity contribution in [1.82, 2.24) is 15.3 Å². The average molecular weight is 450 g/mol. The second-order valence-corrected chi connectivity index (χ2v) is 9.02. The Labute approximate surface area is 183 Å². The predicted octanol–water partition coefficient (Wildman–Crippen LogP) is 3.17. The summed E-state index contributed by atoms with van der Waals surface area (Å²) in [7, 11) is 0. The summed E-state index contributed by atoms with van der Waals surface area (Å²) in [4.78, 5) is 21.4. The van der Waals surface area contributed by atoms with Gasteiger partial charge in [0.15, 0.2) is 0 Å². The number of carbonyl (C=O) groups excluding carboxylic acids is 1. The Morgan fingerprint density at radius 1 is 1.00 bits per heavy atom. The zero-order valence-corrected chi connectivity index (χ0v) is 17.9. The fraction of sp³-hybridized carbons (Fsp3) is 0.500. The summed E-state index contributed by atoms with van der Waals surface area (Å²) >= 11 is 0. The normalized spacial score (nSPS) is 25.4. The number of benzene rings is 1. The number of hydrogen-bond acceptors (Lipinski definition) is 6. The van der Waals surface area contributed by atoms with E-state index in [0.29, 0.717) is 12.6 Å². The molecule has 0 spiro atoms. The van der Waals surface area contributed by atoms with Crippen LogP contribution in [0.25, 0.3) is 0 Å². The van der Waals surface area contributed by atoms with Crippen LogP contribution < -0.4 is 10.6 Å². The highest BCUT2D eigenvalue weighted by Gasteiger charge is 2.48. The van der Waals surface area contributed by atoms with Gasteiger partial charge < -0.3 is 20.1 Å². The third kappa shape index (κ3) is 4.71. The van der Waals surface area contributed by atoms with Crippen LogP contribution >= 0.6 is 0 Å². The monoisotopic (exact) mass is 450 g/mol. The Hall–Kier alpha value is -2.72. The second-order valence-electron chi connectivity index (χ2n) is 9.02. The van der Waals surface area contributed by atoms with Gasteiger partial charge in [0.05, 0.1) is 36.6 Å². The van der Waals surface area contributed by atoms with Crippen molar-refractivity contribution in [3.8, 4) is 0 Å². The Kier molecular flexibility index (Phi) is 5.85. The van der Waals surface area contributed by atoms with Crippen molar-refractivity contribution in [1.29, 1.82) is 0 Å². The van der Waals surface area contributed by atoms with Crippen molar-refractivity contribution in [3.63, 3.8) is 0 Å². The molecule has 2 aliphatic heterocycles. The van der Waals surface area contributed by atoms with E-state index in [4.69, 9.17) is 9.47 Å². The maximum absolute atomic E-state index is 12.7. The lowest BCUT2D eigenvalue weighted by molar-refractivity contribution is -0.137. The molecule has 0 aliphatic carbocycles. The van der Waals surface area contributed by atoms with Crippen LogP contribution in [0.3, 0.4) is 0 Å². The molecule has 4 atom stereocenters. The van der Waals surface area contributed by atoms with Crippen LogP contribution in [0, 0.1) is 0 Å². The van der Waals surface area contributed by atoms with Gasteiger partial charge in [0, 0.05) is 17.2 Å². The molecule has 2 saturated heterocycles. The number of nitrogens with zero attached hydrogens (tertiary/aromatic N) is 2. The molecule has 2 aliphatic rings. The highest BCUT2D eigenvalue weighted by molar-refractivity contribution is 5.94. The Bertz CT molecular complexity index is 976. The average Bonchev–Trinajstić information content (AvgIpc) is 3.30. The minimum atomic E-state index is -4.45. The summed E-state index contributed by atoms with van der Waals surface area (Å²) in [6.07, 6.45) is -3.44. The molecular weight excluding hydrogens is 425 g/mol. The van der Waals surface area contributed by atoms with Gasteiger partial charge in [-0.3, -0.25) is 4.79 Å². The smallest absolute Gasteiger partial charge is 0.371 e. The highest BCUT2D eigenvalue weighted by atomic mass is 19.4. The van der Waals surface area contributed by atoms with Crippen LogP contribution in [-0.2, 0) is 21.1 Å². The first kappa shape index (κ1) is 22.5. The third-order valence-electron chi connectivity index (χ3n) is 5.58. The van der Waals surface area contributed by atoms with E-state index in [-0.39, 0.29) is 35.8 Å². The second kappa shape index (κ2) is 8.32. The summed E-state index contributed by atoms with van der Waals surface area (Å²) in [5, 5.41) is 6.07. The fourth-order valence-corrected chi connectivity index (χ4v) is 3.82. The Morgan fingerprint density at radius 3 is 2.25 bits per heavy atom. The number of ether oxygens (including phenoxy) is 2. The van der Waals surface area contributed by atoms with Gasteiger partial charge in [0.25, 0.3) is 5.91 Å². The highest BCUT2D eigenvalue weighted by Crippen LogP contribution is 2.31. The number of carbonyl (C=O) groups is 1. The van der Waals surface area contributed by atoms with Gasteiger partial charge in [-0.15, -0.1) is 0 Å². The molecule has 0 radical (unpaired) electrons. The quantitative estimate of drug-likeness (QED) is 0.745. The number of aromatic nitrogens is 2. The van der Waals surface area contributed by atoms with Gasteiger partial charge in [-0.2, -0.15) is 13.2 Å². The summed E-state index contributed by atoms with van der Waals surface area (Å²) in [5.74, 6) is 0.00158. The number of amides is 1. The molecule has 2 N–H and O–H groups in total. The van der Waals surface area contributed by atoms with Crippen molar-refractivity contribution in [2.24, 2.45) is 0 Å². The number of alkyl halides is 3. The first-order valence-electron chi connectivity index (χ1n) is 10.3. The number of nitrogens with one attached hydrogen (secondary N) is 2. The largest absolute Gasteiger partial charge is 0.416 e. The summed E-state index contributed by atoms with van der Waals surface area (Å²) in [6.45, 7) is 6.79. The molecule has 1 aromatic carbocycles. The lowest BCUT2D eigenvalue weighted by atomic mass is 9.92. The van der Waals surface area contributed by atoms with Crippen LogP contribution in [-0.4, -0.2) is 53.4 Å². The van der Waals surface area contributed by atoms with E-state index in [2.05, 4.69) is 41.4 Å².